The molecule has 0 aliphatic rings. The van der Waals surface area contributed by atoms with Crippen molar-refractivity contribution in [3.05, 3.63) is 101 Å². The number of benzene rings is 2. The van der Waals surface area contributed by atoms with Crippen LogP contribution in [0.4, 0.5) is 11.5 Å². The Hall–Kier alpha value is -3.37. The lowest BCUT2D eigenvalue weighted by molar-refractivity contribution is 0.0600. The molecule has 0 atom stereocenters. The molecule has 3 rings (SSSR count). The van der Waals surface area contributed by atoms with Crippen LogP contribution >= 0.6 is 11.6 Å². The molecule has 0 saturated carbocycles. The Morgan fingerprint density at radius 3 is 2.61 bits per heavy atom. The lowest BCUT2D eigenvalue weighted by atomic mass is 10.0. The van der Waals surface area contributed by atoms with Gasteiger partial charge in [0, 0.05) is 22.5 Å². The highest BCUT2D eigenvalue weighted by Gasteiger charge is 2.07. The molecular formula is C23H19ClN2O2. The van der Waals surface area contributed by atoms with Gasteiger partial charge in [0.25, 0.3) is 0 Å². The Balaban J connectivity index is 1.80. The van der Waals surface area contributed by atoms with E-state index in [1.807, 2.05) is 60.7 Å². The first kappa shape index (κ1) is 19.4. The van der Waals surface area contributed by atoms with E-state index in [9.17, 15) is 4.79 Å². The van der Waals surface area contributed by atoms with Crippen molar-refractivity contribution in [2.45, 2.75) is 0 Å². The summed E-state index contributed by atoms with van der Waals surface area (Å²) >= 11 is 6.17. The number of anilines is 2. The van der Waals surface area contributed by atoms with Crippen molar-refractivity contribution in [3.8, 4) is 0 Å². The highest BCUT2D eigenvalue weighted by molar-refractivity contribution is 6.31. The molecule has 1 heterocycles. The zero-order valence-electron chi connectivity index (χ0n) is 15.4. The molecule has 5 heteroatoms. The summed E-state index contributed by atoms with van der Waals surface area (Å²) in [6, 6.07) is 18.4. The maximum absolute atomic E-state index is 11.5. The van der Waals surface area contributed by atoms with Gasteiger partial charge >= 0.3 is 5.97 Å². The number of carbonyl (C=O) groups is 1. The largest absolute Gasteiger partial charge is 0.465 e. The molecule has 0 fully saturated rings. The van der Waals surface area contributed by atoms with Gasteiger partial charge in [0.2, 0.25) is 0 Å². The van der Waals surface area contributed by atoms with Crippen LogP contribution in [0.5, 0.6) is 0 Å². The molecule has 0 aliphatic carbocycles. The number of ether oxygens (including phenoxy) is 1. The van der Waals surface area contributed by atoms with Gasteiger partial charge in [-0.1, -0.05) is 54.6 Å². The zero-order valence-corrected chi connectivity index (χ0v) is 16.1. The van der Waals surface area contributed by atoms with Crippen molar-refractivity contribution in [2.75, 3.05) is 12.4 Å². The number of allylic oxidation sites excluding steroid dienone is 2. The third kappa shape index (κ3) is 4.87. The first-order valence-corrected chi connectivity index (χ1v) is 8.98. The Bertz CT molecular complexity index is 1010. The minimum absolute atomic E-state index is 0.355. The summed E-state index contributed by atoms with van der Waals surface area (Å²) in [5.74, 6) is 0.368. The van der Waals surface area contributed by atoms with Crippen LogP contribution in [-0.4, -0.2) is 18.1 Å². The molecule has 3 aromatic rings. The van der Waals surface area contributed by atoms with Gasteiger partial charge in [0.1, 0.15) is 5.82 Å². The van der Waals surface area contributed by atoms with Gasteiger partial charge < -0.3 is 10.1 Å². The standard InChI is InChI=1S/C23H19ClN2O2/c1-16(6-7-17-8-10-18(11-9-17)23(27)28-2)20-13-12-19(24)15-21(20)26-22-5-3-4-14-25-22/h3-15H,1H2,2H3,(H,25,26)/b7-6+. The summed E-state index contributed by atoms with van der Waals surface area (Å²) < 4.78 is 4.71. The first-order valence-electron chi connectivity index (χ1n) is 8.60. The molecular weight excluding hydrogens is 372 g/mol. The molecule has 1 aromatic heterocycles. The second-order valence-electron chi connectivity index (χ2n) is 6.00. The maximum atomic E-state index is 11.5. The molecule has 2 aromatic carbocycles. The fourth-order valence-electron chi connectivity index (χ4n) is 2.61. The van der Waals surface area contributed by atoms with Crippen molar-refractivity contribution in [3.63, 3.8) is 0 Å². The molecule has 28 heavy (non-hydrogen) atoms. The van der Waals surface area contributed by atoms with Gasteiger partial charge in [-0.3, -0.25) is 0 Å². The predicted molar refractivity (Wildman–Crippen MR) is 115 cm³/mol. The Morgan fingerprint density at radius 2 is 1.93 bits per heavy atom. The summed E-state index contributed by atoms with van der Waals surface area (Å²) in [7, 11) is 1.36. The van der Waals surface area contributed by atoms with E-state index in [1.165, 1.54) is 7.11 Å². The number of nitrogens with zero attached hydrogens (tertiary/aromatic N) is 1. The number of hydrogen-bond donors (Lipinski definition) is 1. The van der Waals surface area contributed by atoms with E-state index in [0.29, 0.717) is 10.6 Å². The fraction of sp³-hybridized carbons (Fsp3) is 0.0435. The van der Waals surface area contributed by atoms with Gasteiger partial charge in [-0.15, -0.1) is 0 Å². The molecule has 0 radical (unpaired) electrons. The van der Waals surface area contributed by atoms with Crippen LogP contribution < -0.4 is 5.32 Å². The molecule has 0 unspecified atom stereocenters. The van der Waals surface area contributed by atoms with Crippen LogP contribution in [0.1, 0.15) is 21.5 Å². The lowest BCUT2D eigenvalue weighted by Crippen LogP contribution is -2.00. The third-order valence-electron chi connectivity index (χ3n) is 4.06. The van der Waals surface area contributed by atoms with E-state index in [-0.39, 0.29) is 5.97 Å². The van der Waals surface area contributed by atoms with E-state index in [2.05, 4.69) is 16.9 Å². The molecule has 140 valence electrons. The second-order valence-corrected chi connectivity index (χ2v) is 6.44. The van der Waals surface area contributed by atoms with Crippen LogP contribution in [0.15, 0.2) is 79.5 Å². The quantitative estimate of drug-likeness (QED) is 0.414. The van der Waals surface area contributed by atoms with Gasteiger partial charge in [0.05, 0.1) is 12.7 Å². The second kappa shape index (κ2) is 9.02. The number of aromatic nitrogens is 1. The number of rotatable bonds is 6. The summed E-state index contributed by atoms with van der Waals surface area (Å²) in [5, 5.41) is 3.90. The van der Waals surface area contributed by atoms with Gasteiger partial charge in [-0.25, -0.2) is 9.78 Å². The topological polar surface area (TPSA) is 51.2 Å². The highest BCUT2D eigenvalue weighted by Crippen LogP contribution is 2.29. The number of pyridine rings is 1. The zero-order chi connectivity index (χ0) is 19.9. The highest BCUT2D eigenvalue weighted by atomic mass is 35.5. The Kier molecular flexibility index (Phi) is 6.25. The van der Waals surface area contributed by atoms with Crippen molar-refractivity contribution >= 4 is 40.7 Å². The summed E-state index contributed by atoms with van der Waals surface area (Å²) in [6.45, 7) is 4.17. The fourth-order valence-corrected chi connectivity index (χ4v) is 2.78. The van der Waals surface area contributed by atoms with Crippen molar-refractivity contribution < 1.29 is 9.53 Å². The molecule has 0 saturated heterocycles. The van der Waals surface area contributed by atoms with Crippen molar-refractivity contribution in [2.24, 2.45) is 0 Å². The number of carbonyl (C=O) groups excluding carboxylic acids is 1. The van der Waals surface area contributed by atoms with E-state index in [4.69, 9.17) is 16.3 Å². The SMILES string of the molecule is C=C(/C=C/c1ccc(C(=O)OC)cc1)c1ccc(Cl)cc1Nc1ccccn1. The van der Waals surface area contributed by atoms with Crippen LogP contribution in [0.3, 0.4) is 0 Å². The van der Waals surface area contributed by atoms with E-state index in [0.717, 1.165) is 28.2 Å². The van der Waals surface area contributed by atoms with E-state index >= 15 is 0 Å². The molecule has 0 amide bonds. The minimum atomic E-state index is -0.355. The lowest BCUT2D eigenvalue weighted by Gasteiger charge is -2.12. The Labute approximate surface area is 169 Å². The molecule has 0 bridgehead atoms. The predicted octanol–water partition coefficient (Wildman–Crippen LogP) is 5.99. The molecule has 0 spiro atoms. The molecule has 4 nitrogen and oxygen atoms in total. The minimum Gasteiger partial charge on any atom is -0.465 e. The van der Waals surface area contributed by atoms with Gasteiger partial charge in [-0.2, -0.15) is 0 Å². The number of nitrogens with one attached hydrogen (secondary N) is 1. The average molecular weight is 391 g/mol. The summed E-state index contributed by atoms with van der Waals surface area (Å²) in [6.07, 6.45) is 5.57. The number of methoxy groups -OCH3 is 1. The Morgan fingerprint density at radius 1 is 1.14 bits per heavy atom. The van der Waals surface area contributed by atoms with Crippen molar-refractivity contribution in [1.29, 1.82) is 0 Å². The molecule has 1 N–H and O–H groups in total. The monoisotopic (exact) mass is 390 g/mol. The normalized spacial score (nSPS) is 10.6. The number of halogens is 1. The van der Waals surface area contributed by atoms with Gasteiger partial charge in [-0.05, 0) is 47.5 Å². The van der Waals surface area contributed by atoms with Crippen LogP contribution in [-0.2, 0) is 4.74 Å². The van der Waals surface area contributed by atoms with Crippen molar-refractivity contribution in [1.82, 2.24) is 4.98 Å². The summed E-state index contributed by atoms with van der Waals surface area (Å²) in [4.78, 5) is 15.8. The van der Waals surface area contributed by atoms with E-state index in [1.54, 1.807) is 18.3 Å². The van der Waals surface area contributed by atoms with Crippen LogP contribution in [0.2, 0.25) is 5.02 Å². The maximum Gasteiger partial charge on any atom is 0.337 e. The number of hydrogen-bond acceptors (Lipinski definition) is 4. The first-order chi connectivity index (χ1) is 13.6. The average Bonchev–Trinajstić information content (AvgIpc) is 2.72. The van der Waals surface area contributed by atoms with Gasteiger partial charge in [0.15, 0.2) is 0 Å². The van der Waals surface area contributed by atoms with Crippen LogP contribution in [0.25, 0.3) is 11.6 Å². The third-order valence-corrected chi connectivity index (χ3v) is 4.30. The smallest absolute Gasteiger partial charge is 0.337 e. The van der Waals surface area contributed by atoms with Crippen LogP contribution in [0, 0.1) is 0 Å². The summed E-state index contributed by atoms with van der Waals surface area (Å²) in [5.41, 5.74) is 4.01. The van der Waals surface area contributed by atoms with E-state index < -0.39 is 0 Å². The molecule has 0 aliphatic heterocycles. The number of esters is 1.